The normalized spacial score (nSPS) is 20.9. The van der Waals surface area contributed by atoms with Gasteiger partial charge in [-0.15, -0.1) is 10.2 Å². The summed E-state index contributed by atoms with van der Waals surface area (Å²) in [5.74, 6) is 2.59. The summed E-state index contributed by atoms with van der Waals surface area (Å²) >= 11 is 1.98. The van der Waals surface area contributed by atoms with E-state index in [4.69, 9.17) is 19.9 Å². The number of halogens is 1. The van der Waals surface area contributed by atoms with E-state index in [9.17, 15) is 4.39 Å². The van der Waals surface area contributed by atoms with Crippen LogP contribution in [-0.4, -0.2) is 45.2 Å². The number of fused-ring (bicyclic) bond motifs is 1. The van der Waals surface area contributed by atoms with E-state index in [1.165, 1.54) is 17.8 Å². The molecule has 0 radical (unpaired) electrons. The Hall–Kier alpha value is -2.54. The molecule has 6 nitrogen and oxygen atoms in total. The van der Waals surface area contributed by atoms with E-state index >= 15 is 0 Å². The molecule has 1 aliphatic carbocycles. The first kappa shape index (κ1) is 27.0. The minimum absolute atomic E-state index is 0.0371. The van der Waals surface area contributed by atoms with E-state index in [0.717, 1.165) is 49.8 Å². The first-order valence-corrected chi connectivity index (χ1v) is 17.1. The molecule has 1 fully saturated rings. The Balaban J connectivity index is 1.37. The van der Waals surface area contributed by atoms with Gasteiger partial charge >= 0.3 is 0 Å². The van der Waals surface area contributed by atoms with Gasteiger partial charge in [0.2, 0.25) is 0 Å². The molecule has 3 heterocycles. The van der Waals surface area contributed by atoms with Gasteiger partial charge in [0.15, 0.2) is 14.1 Å². The van der Waals surface area contributed by atoms with Crippen molar-refractivity contribution in [2.24, 2.45) is 0 Å². The standard InChI is InChI=1S/C29H36FN5OSSi/c1-27(2,3)38(5,6)36-19-28(4)16-24-33-34-26(35(24)13-14-37-28)29(11-12-29)22-9-7-21(8-10-22)25-23(30)15-20(17-31)18-32-25/h7-10,15,18H,11-14,16,19H2,1-6H3. The Bertz CT molecular complexity index is 1390. The molecule has 1 aromatic carbocycles. The molecule has 1 aliphatic heterocycles. The summed E-state index contributed by atoms with van der Waals surface area (Å²) in [7, 11) is -1.84. The molecule has 0 bridgehead atoms. The zero-order valence-electron chi connectivity index (χ0n) is 23.1. The Morgan fingerprint density at radius 3 is 2.50 bits per heavy atom. The van der Waals surface area contributed by atoms with Crippen molar-refractivity contribution in [3.8, 4) is 17.3 Å². The van der Waals surface area contributed by atoms with Crippen LogP contribution in [0.4, 0.5) is 4.39 Å². The first-order chi connectivity index (χ1) is 17.9. The van der Waals surface area contributed by atoms with Gasteiger partial charge in [0.25, 0.3) is 0 Å². The molecule has 3 aromatic rings. The number of aromatic nitrogens is 4. The lowest BCUT2D eigenvalue weighted by molar-refractivity contribution is 0.252. The maximum absolute atomic E-state index is 14.5. The largest absolute Gasteiger partial charge is 0.415 e. The number of nitriles is 1. The predicted octanol–water partition coefficient (Wildman–Crippen LogP) is 6.50. The first-order valence-electron chi connectivity index (χ1n) is 13.2. The van der Waals surface area contributed by atoms with Crippen molar-refractivity contribution in [1.29, 1.82) is 5.26 Å². The summed E-state index contributed by atoms with van der Waals surface area (Å²) in [6, 6.07) is 11.1. The lowest BCUT2D eigenvalue weighted by Crippen LogP contribution is -2.45. The fourth-order valence-corrected chi connectivity index (χ4v) is 7.25. The molecule has 1 saturated carbocycles. The highest BCUT2D eigenvalue weighted by Gasteiger charge is 2.51. The summed E-state index contributed by atoms with van der Waals surface area (Å²) < 4.78 is 23.5. The third-order valence-electron chi connectivity index (χ3n) is 8.53. The molecule has 0 amide bonds. The Morgan fingerprint density at radius 2 is 1.89 bits per heavy atom. The smallest absolute Gasteiger partial charge is 0.192 e. The van der Waals surface area contributed by atoms with E-state index in [1.54, 1.807) is 0 Å². The molecule has 0 N–H and O–H groups in total. The average Bonchev–Trinajstić information content (AvgIpc) is 3.61. The second-order valence-electron chi connectivity index (χ2n) is 12.4. The summed E-state index contributed by atoms with van der Waals surface area (Å²) in [6.45, 7) is 15.4. The van der Waals surface area contributed by atoms with Gasteiger partial charge in [-0.2, -0.15) is 17.0 Å². The predicted molar refractivity (Wildman–Crippen MR) is 152 cm³/mol. The van der Waals surface area contributed by atoms with Crippen LogP contribution in [0.15, 0.2) is 36.5 Å². The zero-order valence-corrected chi connectivity index (χ0v) is 25.0. The van der Waals surface area contributed by atoms with Crippen molar-refractivity contribution in [3.05, 3.63) is 65.1 Å². The van der Waals surface area contributed by atoms with Crippen molar-refractivity contribution in [2.75, 3.05) is 12.4 Å². The van der Waals surface area contributed by atoms with E-state index < -0.39 is 14.1 Å². The fourth-order valence-electron chi connectivity index (χ4n) is 4.89. The number of pyridine rings is 1. The number of nitrogens with zero attached hydrogens (tertiary/aromatic N) is 5. The minimum atomic E-state index is -1.84. The molecule has 0 saturated heterocycles. The molecule has 5 rings (SSSR count). The number of rotatable bonds is 6. The number of thioether (sulfide) groups is 1. The Kier molecular flexibility index (Phi) is 6.82. The van der Waals surface area contributed by atoms with E-state index in [-0.39, 0.29) is 26.5 Å². The summed E-state index contributed by atoms with van der Waals surface area (Å²) in [5.41, 5.74) is 2.19. The zero-order chi connectivity index (χ0) is 27.3. The van der Waals surface area contributed by atoms with Crippen molar-refractivity contribution in [2.45, 2.75) is 81.8 Å². The van der Waals surface area contributed by atoms with Crippen molar-refractivity contribution in [3.63, 3.8) is 0 Å². The van der Waals surface area contributed by atoms with Gasteiger partial charge in [-0.25, -0.2) is 4.39 Å². The van der Waals surface area contributed by atoms with E-state index in [0.29, 0.717) is 5.56 Å². The highest BCUT2D eigenvalue weighted by molar-refractivity contribution is 8.00. The van der Waals surface area contributed by atoms with Crippen LogP contribution < -0.4 is 0 Å². The average molecular weight is 550 g/mol. The van der Waals surface area contributed by atoms with Gasteiger partial charge in [0.1, 0.15) is 23.4 Å². The molecule has 9 heteroatoms. The number of hydrogen-bond acceptors (Lipinski definition) is 6. The monoisotopic (exact) mass is 549 g/mol. The van der Waals surface area contributed by atoms with Crippen LogP contribution in [-0.2, 0) is 22.8 Å². The van der Waals surface area contributed by atoms with Crippen LogP contribution in [0, 0.1) is 17.1 Å². The van der Waals surface area contributed by atoms with Gasteiger partial charge in [-0.05, 0) is 49.5 Å². The van der Waals surface area contributed by atoms with Crippen LogP contribution in [0.25, 0.3) is 11.3 Å². The summed E-state index contributed by atoms with van der Waals surface area (Å²) in [4.78, 5) is 4.17. The third kappa shape index (κ3) is 4.94. The second kappa shape index (κ2) is 9.58. The lowest BCUT2D eigenvalue weighted by Gasteiger charge is -2.39. The van der Waals surface area contributed by atoms with Crippen LogP contribution in [0.3, 0.4) is 0 Å². The molecular weight excluding hydrogens is 514 g/mol. The Labute approximate surface area is 230 Å². The van der Waals surface area contributed by atoms with Crippen molar-refractivity contribution >= 4 is 20.1 Å². The number of hydrogen-bond donors (Lipinski definition) is 0. The van der Waals surface area contributed by atoms with Gasteiger partial charge in [0.05, 0.1) is 11.0 Å². The second-order valence-corrected chi connectivity index (χ2v) is 18.9. The van der Waals surface area contributed by atoms with Crippen LogP contribution in [0.5, 0.6) is 0 Å². The summed E-state index contributed by atoms with van der Waals surface area (Å²) in [6.07, 6.45) is 4.28. The van der Waals surface area contributed by atoms with Gasteiger partial charge in [-0.1, -0.05) is 45.0 Å². The lowest BCUT2D eigenvalue weighted by atomic mass is 9.93. The molecule has 2 aliphatic rings. The molecule has 1 atom stereocenters. The molecule has 200 valence electrons. The van der Waals surface area contributed by atoms with Crippen molar-refractivity contribution in [1.82, 2.24) is 19.7 Å². The molecule has 2 aromatic heterocycles. The SMILES string of the molecule is CC1(CO[Si](C)(C)C(C)(C)C)Cc2nnc(C3(c4ccc(-c5ncc(C#N)cc5F)cc4)CC3)n2CCS1. The molecule has 0 spiro atoms. The van der Waals surface area contributed by atoms with Gasteiger partial charge in [-0.3, -0.25) is 4.98 Å². The number of benzene rings is 1. The highest BCUT2D eigenvalue weighted by atomic mass is 32.2. The van der Waals surface area contributed by atoms with E-state index in [1.807, 2.05) is 30.0 Å². The van der Waals surface area contributed by atoms with Crippen LogP contribution in [0.1, 0.15) is 63.3 Å². The molecule has 1 unspecified atom stereocenters. The van der Waals surface area contributed by atoms with E-state index in [2.05, 4.69) is 62.5 Å². The Morgan fingerprint density at radius 1 is 1.18 bits per heavy atom. The topological polar surface area (TPSA) is 76.6 Å². The van der Waals surface area contributed by atoms with Gasteiger partial charge < -0.3 is 8.99 Å². The van der Waals surface area contributed by atoms with Crippen molar-refractivity contribution < 1.29 is 8.82 Å². The quantitative estimate of drug-likeness (QED) is 0.327. The fraction of sp³-hybridized carbons (Fsp3) is 0.517. The van der Waals surface area contributed by atoms with Crippen LogP contribution in [0.2, 0.25) is 18.1 Å². The highest BCUT2D eigenvalue weighted by Crippen LogP contribution is 2.53. The third-order valence-corrected chi connectivity index (χ3v) is 14.4. The van der Waals surface area contributed by atoms with Gasteiger partial charge in [0, 0.05) is 41.8 Å². The minimum Gasteiger partial charge on any atom is -0.415 e. The van der Waals surface area contributed by atoms with Crippen LogP contribution >= 0.6 is 11.8 Å². The molecular formula is C29H36FN5OSSi. The summed E-state index contributed by atoms with van der Waals surface area (Å²) in [5, 5.41) is 18.6. The molecule has 38 heavy (non-hydrogen) atoms. The maximum atomic E-state index is 14.5. The maximum Gasteiger partial charge on any atom is 0.192 e.